The molecule has 0 saturated heterocycles. The standard InChI is InChI=1S/C9H13F3N2O/c1-3-4-14(6-9(10,11)12)8(15)7(2)5-13/h7H,3-4,6H2,1-2H3. The lowest BCUT2D eigenvalue weighted by Gasteiger charge is -2.24. The minimum absolute atomic E-state index is 0.0182. The zero-order valence-corrected chi connectivity index (χ0v) is 8.64. The highest BCUT2D eigenvalue weighted by Gasteiger charge is 2.33. The molecule has 0 aromatic heterocycles. The molecule has 0 rings (SSSR count). The van der Waals surface area contributed by atoms with Gasteiger partial charge in [-0.15, -0.1) is 0 Å². The van der Waals surface area contributed by atoms with E-state index < -0.39 is 24.5 Å². The first-order chi connectivity index (χ1) is 6.81. The van der Waals surface area contributed by atoms with Crippen LogP contribution in [0.2, 0.25) is 0 Å². The third kappa shape index (κ3) is 5.25. The predicted octanol–water partition coefficient (Wildman–Crippen LogP) is 1.95. The summed E-state index contributed by atoms with van der Waals surface area (Å²) >= 11 is 0. The van der Waals surface area contributed by atoms with Crippen LogP contribution in [0.15, 0.2) is 0 Å². The quantitative estimate of drug-likeness (QED) is 0.729. The monoisotopic (exact) mass is 222 g/mol. The van der Waals surface area contributed by atoms with Crippen molar-refractivity contribution in [2.45, 2.75) is 26.4 Å². The van der Waals surface area contributed by atoms with Crippen LogP contribution in [0.25, 0.3) is 0 Å². The predicted molar refractivity (Wildman–Crippen MR) is 47.7 cm³/mol. The van der Waals surface area contributed by atoms with Crippen molar-refractivity contribution >= 4 is 5.91 Å². The van der Waals surface area contributed by atoms with Gasteiger partial charge in [0.1, 0.15) is 12.5 Å². The van der Waals surface area contributed by atoms with Gasteiger partial charge in [0.25, 0.3) is 0 Å². The molecular formula is C9H13F3N2O. The molecule has 0 spiro atoms. The van der Waals surface area contributed by atoms with E-state index in [2.05, 4.69) is 0 Å². The van der Waals surface area contributed by atoms with Crippen molar-refractivity contribution in [1.82, 2.24) is 4.90 Å². The fourth-order valence-corrected chi connectivity index (χ4v) is 1.08. The molecule has 86 valence electrons. The topological polar surface area (TPSA) is 44.1 Å². The summed E-state index contributed by atoms with van der Waals surface area (Å²) in [6, 6.07) is 1.63. The number of nitriles is 1. The van der Waals surface area contributed by atoms with Crippen LogP contribution < -0.4 is 0 Å². The maximum atomic E-state index is 12.1. The highest BCUT2D eigenvalue weighted by atomic mass is 19.4. The highest BCUT2D eigenvalue weighted by Crippen LogP contribution is 2.18. The van der Waals surface area contributed by atoms with Gasteiger partial charge in [0.2, 0.25) is 5.91 Å². The molecule has 0 fully saturated rings. The van der Waals surface area contributed by atoms with Crippen LogP contribution in [0.5, 0.6) is 0 Å². The minimum atomic E-state index is -4.42. The van der Waals surface area contributed by atoms with Crippen molar-refractivity contribution in [3.05, 3.63) is 0 Å². The van der Waals surface area contributed by atoms with Gasteiger partial charge < -0.3 is 4.90 Å². The maximum absolute atomic E-state index is 12.1. The first-order valence-corrected chi connectivity index (χ1v) is 4.57. The Morgan fingerprint density at radius 1 is 1.53 bits per heavy atom. The minimum Gasteiger partial charge on any atom is -0.332 e. The molecule has 0 aliphatic rings. The Bertz CT molecular complexity index is 257. The Morgan fingerprint density at radius 2 is 2.07 bits per heavy atom. The van der Waals surface area contributed by atoms with Crippen LogP contribution in [0.1, 0.15) is 20.3 Å². The summed E-state index contributed by atoms with van der Waals surface area (Å²) in [5.74, 6) is -1.80. The lowest BCUT2D eigenvalue weighted by molar-refractivity contribution is -0.162. The molecule has 0 heterocycles. The molecule has 0 radical (unpaired) electrons. The van der Waals surface area contributed by atoms with Gasteiger partial charge in [0.15, 0.2) is 0 Å². The highest BCUT2D eigenvalue weighted by molar-refractivity contribution is 5.80. The Morgan fingerprint density at radius 3 is 2.40 bits per heavy atom. The van der Waals surface area contributed by atoms with E-state index in [9.17, 15) is 18.0 Å². The number of nitrogens with zero attached hydrogens (tertiary/aromatic N) is 2. The molecule has 6 heteroatoms. The zero-order valence-electron chi connectivity index (χ0n) is 8.64. The van der Waals surface area contributed by atoms with Gasteiger partial charge >= 0.3 is 6.18 Å². The van der Waals surface area contributed by atoms with Gasteiger partial charge in [-0.2, -0.15) is 18.4 Å². The van der Waals surface area contributed by atoms with Crippen molar-refractivity contribution < 1.29 is 18.0 Å². The first kappa shape index (κ1) is 13.8. The zero-order chi connectivity index (χ0) is 12.1. The van der Waals surface area contributed by atoms with E-state index in [0.717, 1.165) is 0 Å². The van der Waals surface area contributed by atoms with Crippen molar-refractivity contribution in [3.63, 3.8) is 0 Å². The van der Waals surface area contributed by atoms with E-state index in [-0.39, 0.29) is 6.54 Å². The fraction of sp³-hybridized carbons (Fsp3) is 0.778. The number of halogens is 3. The molecule has 1 amide bonds. The van der Waals surface area contributed by atoms with Gasteiger partial charge in [-0.3, -0.25) is 4.79 Å². The molecule has 0 aliphatic heterocycles. The Kier molecular flexibility index (Phi) is 5.12. The first-order valence-electron chi connectivity index (χ1n) is 4.57. The van der Waals surface area contributed by atoms with E-state index in [0.29, 0.717) is 11.3 Å². The molecule has 0 N–H and O–H groups in total. The van der Waals surface area contributed by atoms with Gasteiger partial charge in [-0.05, 0) is 13.3 Å². The fourth-order valence-electron chi connectivity index (χ4n) is 1.08. The van der Waals surface area contributed by atoms with Crippen LogP contribution >= 0.6 is 0 Å². The van der Waals surface area contributed by atoms with Gasteiger partial charge in [-0.25, -0.2) is 0 Å². The Balaban J connectivity index is 4.53. The summed E-state index contributed by atoms with van der Waals surface area (Å²) in [6.45, 7) is 1.70. The summed E-state index contributed by atoms with van der Waals surface area (Å²) in [5.41, 5.74) is 0. The Hall–Kier alpha value is -1.25. The largest absolute Gasteiger partial charge is 0.406 e. The van der Waals surface area contributed by atoms with E-state index in [1.807, 2.05) is 0 Å². The smallest absolute Gasteiger partial charge is 0.332 e. The van der Waals surface area contributed by atoms with Crippen LogP contribution in [-0.4, -0.2) is 30.1 Å². The van der Waals surface area contributed by atoms with Crippen LogP contribution in [-0.2, 0) is 4.79 Å². The summed E-state index contributed by atoms with van der Waals surface area (Å²) in [5, 5.41) is 8.44. The number of rotatable bonds is 4. The van der Waals surface area contributed by atoms with Crippen LogP contribution in [0.4, 0.5) is 13.2 Å². The van der Waals surface area contributed by atoms with Crippen molar-refractivity contribution in [1.29, 1.82) is 5.26 Å². The third-order valence-corrected chi connectivity index (χ3v) is 1.74. The second kappa shape index (κ2) is 5.59. The van der Waals surface area contributed by atoms with Gasteiger partial charge in [0.05, 0.1) is 6.07 Å². The number of hydrogen-bond acceptors (Lipinski definition) is 2. The lowest BCUT2D eigenvalue weighted by atomic mass is 10.1. The van der Waals surface area contributed by atoms with E-state index in [1.54, 1.807) is 13.0 Å². The average Bonchev–Trinajstić information content (AvgIpc) is 2.13. The second-order valence-electron chi connectivity index (χ2n) is 3.23. The number of carbonyl (C=O) groups is 1. The lowest BCUT2D eigenvalue weighted by Crippen LogP contribution is -2.41. The van der Waals surface area contributed by atoms with Crippen LogP contribution in [0, 0.1) is 17.2 Å². The van der Waals surface area contributed by atoms with E-state index in [4.69, 9.17) is 5.26 Å². The number of amides is 1. The Labute approximate surface area is 86.5 Å². The molecule has 0 bridgehead atoms. The van der Waals surface area contributed by atoms with Gasteiger partial charge in [-0.1, -0.05) is 6.92 Å². The summed E-state index contributed by atoms with van der Waals surface area (Å²) in [4.78, 5) is 12.0. The average molecular weight is 222 g/mol. The molecule has 0 aliphatic carbocycles. The SMILES string of the molecule is CCCN(CC(F)(F)F)C(=O)C(C)C#N. The molecular weight excluding hydrogens is 209 g/mol. The third-order valence-electron chi connectivity index (χ3n) is 1.74. The van der Waals surface area contributed by atoms with Crippen LogP contribution in [0.3, 0.4) is 0 Å². The normalized spacial score (nSPS) is 13.1. The molecule has 0 saturated carbocycles. The summed E-state index contributed by atoms with van der Waals surface area (Å²) in [7, 11) is 0. The molecule has 3 nitrogen and oxygen atoms in total. The number of carbonyl (C=O) groups excluding carboxylic acids is 1. The summed E-state index contributed by atoms with van der Waals surface area (Å²) < 4.78 is 36.2. The maximum Gasteiger partial charge on any atom is 0.406 e. The molecule has 1 unspecified atom stereocenters. The second-order valence-corrected chi connectivity index (χ2v) is 3.23. The molecule has 0 aromatic rings. The molecule has 0 aromatic carbocycles. The van der Waals surface area contributed by atoms with Crippen molar-refractivity contribution in [2.24, 2.45) is 5.92 Å². The number of hydrogen-bond donors (Lipinski definition) is 0. The van der Waals surface area contributed by atoms with E-state index >= 15 is 0 Å². The molecule has 15 heavy (non-hydrogen) atoms. The number of alkyl halides is 3. The van der Waals surface area contributed by atoms with Gasteiger partial charge in [0, 0.05) is 6.54 Å². The van der Waals surface area contributed by atoms with E-state index in [1.165, 1.54) is 6.92 Å². The van der Waals surface area contributed by atoms with Crippen molar-refractivity contribution in [3.8, 4) is 6.07 Å². The summed E-state index contributed by atoms with van der Waals surface area (Å²) in [6.07, 6.45) is -3.99. The van der Waals surface area contributed by atoms with Crippen molar-refractivity contribution in [2.75, 3.05) is 13.1 Å². The molecule has 1 atom stereocenters.